The van der Waals surface area contributed by atoms with Gasteiger partial charge in [-0.15, -0.1) is 0 Å². The molecule has 0 aromatic rings. The number of amides is 2. The van der Waals surface area contributed by atoms with Crippen LogP contribution in [0.5, 0.6) is 0 Å². The SMILES string of the molecule is CC(=O)NC(CN)NC(=O)/C=C/CCC(C)C1CCC2C1CCC1C2C(O)C(O)C2CC(O)CCC21C. The monoisotopic (exact) mass is 519 g/mol. The molecular formula is C29H49N3O5. The standard InChI is InChI=1S/C29H49N3O5/c1-16(6-4-5-7-25(35)32-24(15-30)31-17(2)33)19-8-9-21-20(19)10-11-22-26(21)28(37)27(36)23-14-18(34)12-13-29(22,23)3/h5,7,16,18-24,26-28,34,36-37H,4,6,8-15,30H2,1-3H3,(H,31,33)(H,32,35)/b7-5+. The summed E-state index contributed by atoms with van der Waals surface area (Å²) in [5.41, 5.74) is 5.60. The minimum absolute atomic E-state index is 0.00539. The first kappa shape index (κ1) is 28.5. The maximum atomic E-state index is 12.2. The number of carbonyl (C=O) groups excluding carboxylic acids is 2. The van der Waals surface area contributed by atoms with E-state index in [0.717, 1.165) is 38.5 Å². The molecule has 0 radical (unpaired) electrons. The highest BCUT2D eigenvalue weighted by atomic mass is 16.3. The number of nitrogens with one attached hydrogen (secondary N) is 2. The van der Waals surface area contributed by atoms with Gasteiger partial charge in [0.05, 0.1) is 18.3 Å². The van der Waals surface area contributed by atoms with Gasteiger partial charge < -0.3 is 31.7 Å². The summed E-state index contributed by atoms with van der Waals surface area (Å²) in [7, 11) is 0. The molecule has 4 aliphatic carbocycles. The highest BCUT2D eigenvalue weighted by Gasteiger charge is 2.62. The molecular weight excluding hydrogens is 470 g/mol. The number of hydrogen-bond donors (Lipinski definition) is 6. The van der Waals surface area contributed by atoms with Crippen molar-refractivity contribution >= 4 is 11.8 Å². The van der Waals surface area contributed by atoms with Crippen LogP contribution < -0.4 is 16.4 Å². The maximum Gasteiger partial charge on any atom is 0.245 e. The minimum Gasteiger partial charge on any atom is -0.393 e. The molecule has 0 aromatic heterocycles. The molecule has 7 N–H and O–H groups in total. The van der Waals surface area contributed by atoms with Crippen LogP contribution in [-0.2, 0) is 9.59 Å². The molecule has 0 bridgehead atoms. The van der Waals surface area contributed by atoms with Gasteiger partial charge in [0.15, 0.2) is 0 Å². The van der Waals surface area contributed by atoms with Crippen LogP contribution >= 0.6 is 0 Å². The fourth-order valence-electron chi connectivity index (χ4n) is 9.05. The lowest BCUT2D eigenvalue weighted by Gasteiger charge is -2.61. The number of nitrogens with two attached hydrogens (primary N) is 1. The minimum atomic E-state index is -0.739. The summed E-state index contributed by atoms with van der Waals surface area (Å²) in [4.78, 5) is 23.3. The third kappa shape index (κ3) is 5.77. The van der Waals surface area contributed by atoms with Crippen molar-refractivity contribution < 1.29 is 24.9 Å². The summed E-state index contributed by atoms with van der Waals surface area (Å²) < 4.78 is 0. The summed E-state index contributed by atoms with van der Waals surface area (Å²) in [6.45, 7) is 6.16. The maximum absolute atomic E-state index is 12.2. The van der Waals surface area contributed by atoms with Crippen molar-refractivity contribution in [2.75, 3.05) is 6.54 Å². The molecule has 0 aliphatic heterocycles. The van der Waals surface area contributed by atoms with Crippen LogP contribution in [0, 0.1) is 46.8 Å². The Hall–Kier alpha value is -1.48. The van der Waals surface area contributed by atoms with E-state index in [0.29, 0.717) is 36.0 Å². The van der Waals surface area contributed by atoms with Crippen LogP contribution in [0.4, 0.5) is 0 Å². The van der Waals surface area contributed by atoms with Gasteiger partial charge in [0.1, 0.15) is 6.17 Å². The first-order valence-electron chi connectivity index (χ1n) is 14.5. The molecule has 210 valence electrons. The van der Waals surface area contributed by atoms with Crippen LogP contribution in [0.1, 0.15) is 78.6 Å². The van der Waals surface area contributed by atoms with Crippen molar-refractivity contribution in [2.45, 2.75) is 103 Å². The summed E-state index contributed by atoms with van der Waals surface area (Å²) in [6, 6.07) is 0. The molecule has 4 saturated carbocycles. The van der Waals surface area contributed by atoms with E-state index in [1.807, 2.05) is 6.08 Å². The Bertz CT molecular complexity index is 851. The third-order valence-corrected chi connectivity index (χ3v) is 10.8. The summed E-state index contributed by atoms with van der Waals surface area (Å²) in [5.74, 6) is 2.25. The molecule has 12 atom stereocenters. The lowest BCUT2D eigenvalue weighted by molar-refractivity contribution is -0.213. The van der Waals surface area contributed by atoms with Crippen molar-refractivity contribution in [1.82, 2.24) is 10.6 Å². The van der Waals surface area contributed by atoms with E-state index in [2.05, 4.69) is 24.5 Å². The average molecular weight is 520 g/mol. The molecule has 4 rings (SSSR count). The van der Waals surface area contributed by atoms with E-state index in [9.17, 15) is 24.9 Å². The van der Waals surface area contributed by atoms with Gasteiger partial charge in [0, 0.05) is 13.5 Å². The number of allylic oxidation sites excluding steroid dienone is 1. The Morgan fingerprint density at radius 2 is 1.76 bits per heavy atom. The quantitative estimate of drug-likeness (QED) is 0.214. The van der Waals surface area contributed by atoms with Crippen molar-refractivity contribution in [2.24, 2.45) is 52.6 Å². The lowest BCUT2D eigenvalue weighted by Crippen LogP contribution is -2.63. The zero-order valence-electron chi connectivity index (χ0n) is 22.8. The summed E-state index contributed by atoms with van der Waals surface area (Å²) in [5, 5.41) is 38.1. The molecule has 37 heavy (non-hydrogen) atoms. The predicted molar refractivity (Wildman–Crippen MR) is 142 cm³/mol. The number of fused-ring (bicyclic) bond motifs is 5. The second-order valence-electron chi connectivity index (χ2n) is 12.8. The van der Waals surface area contributed by atoms with Gasteiger partial charge >= 0.3 is 0 Å². The van der Waals surface area contributed by atoms with Gasteiger partial charge in [-0.3, -0.25) is 9.59 Å². The Morgan fingerprint density at radius 1 is 1.03 bits per heavy atom. The van der Waals surface area contributed by atoms with Gasteiger partial charge in [0.2, 0.25) is 11.8 Å². The normalized spacial score (nSPS) is 42.8. The van der Waals surface area contributed by atoms with Crippen molar-refractivity contribution in [1.29, 1.82) is 0 Å². The number of carbonyl (C=O) groups is 2. The van der Waals surface area contributed by atoms with E-state index in [-0.39, 0.29) is 41.7 Å². The smallest absolute Gasteiger partial charge is 0.245 e. The van der Waals surface area contributed by atoms with Crippen molar-refractivity contribution in [3.63, 3.8) is 0 Å². The van der Waals surface area contributed by atoms with E-state index in [4.69, 9.17) is 5.73 Å². The zero-order chi connectivity index (χ0) is 26.9. The predicted octanol–water partition coefficient (Wildman–Crippen LogP) is 2.07. The molecule has 8 heteroatoms. The number of rotatable bonds is 8. The third-order valence-electron chi connectivity index (χ3n) is 10.8. The molecule has 2 amide bonds. The van der Waals surface area contributed by atoms with Crippen LogP contribution in [0.2, 0.25) is 0 Å². The van der Waals surface area contributed by atoms with E-state index < -0.39 is 18.4 Å². The number of aliphatic hydroxyl groups excluding tert-OH is 3. The molecule has 0 saturated heterocycles. The van der Waals surface area contributed by atoms with Gasteiger partial charge in [-0.2, -0.15) is 0 Å². The first-order valence-corrected chi connectivity index (χ1v) is 14.5. The van der Waals surface area contributed by atoms with Crippen molar-refractivity contribution in [3.05, 3.63) is 12.2 Å². The van der Waals surface area contributed by atoms with Crippen LogP contribution in [0.25, 0.3) is 0 Å². The van der Waals surface area contributed by atoms with E-state index in [1.54, 1.807) is 0 Å². The second kappa shape index (κ2) is 11.7. The van der Waals surface area contributed by atoms with Crippen LogP contribution in [-0.4, -0.2) is 58.2 Å². The van der Waals surface area contributed by atoms with Crippen LogP contribution in [0.3, 0.4) is 0 Å². The fourth-order valence-corrected chi connectivity index (χ4v) is 9.05. The second-order valence-corrected chi connectivity index (χ2v) is 12.8. The Kier molecular flexibility index (Phi) is 9.04. The Morgan fingerprint density at radius 3 is 2.46 bits per heavy atom. The molecule has 0 spiro atoms. The highest BCUT2D eigenvalue weighted by molar-refractivity contribution is 5.88. The Balaban J connectivity index is 1.33. The highest BCUT2D eigenvalue weighted by Crippen LogP contribution is 2.64. The van der Waals surface area contributed by atoms with Crippen LogP contribution in [0.15, 0.2) is 12.2 Å². The first-order chi connectivity index (χ1) is 17.6. The summed E-state index contributed by atoms with van der Waals surface area (Å²) >= 11 is 0. The van der Waals surface area contributed by atoms with Gasteiger partial charge in [-0.1, -0.05) is 19.9 Å². The average Bonchev–Trinajstić information content (AvgIpc) is 3.29. The molecule has 4 fully saturated rings. The zero-order valence-corrected chi connectivity index (χ0v) is 22.8. The molecule has 12 unspecified atom stereocenters. The fraction of sp³-hybridized carbons (Fsp3) is 0.862. The van der Waals surface area contributed by atoms with E-state index in [1.165, 1.54) is 25.8 Å². The Labute approximate surface area is 221 Å². The summed E-state index contributed by atoms with van der Waals surface area (Å²) in [6.07, 6.45) is 9.83. The van der Waals surface area contributed by atoms with Gasteiger partial charge in [0.25, 0.3) is 0 Å². The topological polar surface area (TPSA) is 145 Å². The van der Waals surface area contributed by atoms with Gasteiger partial charge in [-0.25, -0.2) is 0 Å². The lowest BCUT2D eigenvalue weighted by atomic mass is 9.45. The molecule has 0 heterocycles. The van der Waals surface area contributed by atoms with Crippen molar-refractivity contribution in [3.8, 4) is 0 Å². The molecule has 0 aromatic carbocycles. The van der Waals surface area contributed by atoms with Gasteiger partial charge in [-0.05, 0) is 111 Å². The number of aliphatic hydroxyl groups is 3. The molecule has 8 nitrogen and oxygen atoms in total. The van der Waals surface area contributed by atoms with E-state index >= 15 is 0 Å². The largest absolute Gasteiger partial charge is 0.393 e. The molecule has 4 aliphatic rings. The number of hydrogen-bond acceptors (Lipinski definition) is 6.